The quantitative estimate of drug-likeness (QED) is 0.611. The van der Waals surface area contributed by atoms with Gasteiger partial charge in [-0.1, -0.05) is 36.9 Å². The van der Waals surface area contributed by atoms with E-state index in [9.17, 15) is 14.4 Å². The van der Waals surface area contributed by atoms with Crippen molar-refractivity contribution in [3.05, 3.63) is 48.6 Å². The van der Waals surface area contributed by atoms with Crippen molar-refractivity contribution < 1.29 is 23.9 Å². The maximum atomic E-state index is 12.1. The Kier molecular flexibility index (Phi) is 7.17. The Morgan fingerprint density at radius 2 is 1.83 bits per heavy atom. The Morgan fingerprint density at radius 1 is 1.21 bits per heavy atom. The zero-order chi connectivity index (χ0) is 18.2. The number of nitrogens with one attached hydrogen (secondary N) is 1. The minimum atomic E-state index is -1.13. The van der Waals surface area contributed by atoms with E-state index in [0.29, 0.717) is 0 Å². The molecular weight excluding hydrogens is 310 g/mol. The molecule has 6 nitrogen and oxygen atoms in total. The molecule has 0 radical (unpaired) electrons. The summed E-state index contributed by atoms with van der Waals surface area (Å²) in [6.45, 7) is 8.51. The first-order valence-electron chi connectivity index (χ1n) is 7.56. The van der Waals surface area contributed by atoms with Crippen molar-refractivity contribution in [3.8, 4) is 0 Å². The molecule has 0 fully saturated rings. The van der Waals surface area contributed by atoms with Crippen molar-refractivity contribution in [2.75, 3.05) is 0 Å². The number of hydrogen-bond donors (Lipinski definition) is 1. The molecule has 1 amide bonds. The van der Waals surface area contributed by atoms with Crippen LogP contribution in [-0.2, 0) is 30.5 Å². The summed E-state index contributed by atoms with van der Waals surface area (Å²) < 4.78 is 10.3. The van der Waals surface area contributed by atoms with Gasteiger partial charge in [-0.3, -0.25) is 9.59 Å². The number of ether oxygens (including phenoxy) is 2. The van der Waals surface area contributed by atoms with Gasteiger partial charge in [0, 0.05) is 0 Å². The van der Waals surface area contributed by atoms with Gasteiger partial charge < -0.3 is 14.8 Å². The Morgan fingerprint density at radius 3 is 2.38 bits per heavy atom. The first kappa shape index (κ1) is 19.4. The van der Waals surface area contributed by atoms with E-state index >= 15 is 0 Å². The molecule has 0 unspecified atom stereocenters. The van der Waals surface area contributed by atoms with Crippen LogP contribution in [0.25, 0.3) is 0 Å². The highest BCUT2D eigenvalue weighted by molar-refractivity contribution is 5.92. The van der Waals surface area contributed by atoms with Gasteiger partial charge >= 0.3 is 11.9 Å². The summed E-state index contributed by atoms with van der Waals surface area (Å²) in [5.41, 5.74) is 0.0946. The average molecular weight is 333 g/mol. The van der Waals surface area contributed by atoms with Crippen LogP contribution in [0.15, 0.2) is 43.0 Å². The summed E-state index contributed by atoms with van der Waals surface area (Å²) in [6.07, 6.45) is 0.702. The first-order chi connectivity index (χ1) is 11.2. The maximum absolute atomic E-state index is 12.1. The number of amides is 1. The van der Waals surface area contributed by atoms with Crippen molar-refractivity contribution in [2.24, 2.45) is 0 Å². The van der Waals surface area contributed by atoms with Gasteiger partial charge in [0.1, 0.15) is 18.2 Å². The van der Waals surface area contributed by atoms with Gasteiger partial charge in [0.05, 0.1) is 6.42 Å². The molecule has 24 heavy (non-hydrogen) atoms. The van der Waals surface area contributed by atoms with Gasteiger partial charge in [0.15, 0.2) is 0 Å². The number of carbonyl (C=O) groups excluding carboxylic acids is 3. The lowest BCUT2D eigenvalue weighted by atomic mass is 10.1. The van der Waals surface area contributed by atoms with E-state index in [2.05, 4.69) is 11.9 Å². The first-order valence-corrected chi connectivity index (χ1v) is 7.56. The smallest absolute Gasteiger partial charge is 0.329 e. The SMILES string of the molecule is C=CC(=O)N[C@@H](CC(=O)OCc1ccccc1)C(=O)OC(C)(C)C. The summed E-state index contributed by atoms with van der Waals surface area (Å²) in [5, 5.41) is 2.39. The molecule has 6 heteroatoms. The van der Waals surface area contributed by atoms with Crippen LogP contribution >= 0.6 is 0 Å². The number of hydrogen-bond acceptors (Lipinski definition) is 5. The summed E-state index contributed by atoms with van der Waals surface area (Å²) in [6, 6.07) is 8.02. The van der Waals surface area contributed by atoms with Gasteiger partial charge in [-0.05, 0) is 32.4 Å². The van der Waals surface area contributed by atoms with Crippen LogP contribution in [0.3, 0.4) is 0 Å². The van der Waals surface area contributed by atoms with Gasteiger partial charge in [-0.15, -0.1) is 0 Å². The predicted octanol–water partition coefficient (Wildman–Crippen LogP) is 2.13. The molecule has 0 saturated carbocycles. The molecule has 1 N–H and O–H groups in total. The second-order valence-corrected chi connectivity index (χ2v) is 6.15. The zero-order valence-corrected chi connectivity index (χ0v) is 14.2. The topological polar surface area (TPSA) is 81.7 Å². The van der Waals surface area contributed by atoms with E-state index in [1.807, 2.05) is 30.3 Å². The number of esters is 2. The highest BCUT2D eigenvalue weighted by Gasteiger charge is 2.28. The Hall–Kier alpha value is -2.63. The molecule has 0 saturated heterocycles. The van der Waals surface area contributed by atoms with Crippen LogP contribution in [0.1, 0.15) is 32.8 Å². The van der Waals surface area contributed by atoms with Gasteiger partial charge in [-0.2, -0.15) is 0 Å². The molecule has 0 spiro atoms. The lowest BCUT2D eigenvalue weighted by Crippen LogP contribution is -2.45. The summed E-state index contributed by atoms with van der Waals surface area (Å²) in [5.74, 6) is -1.88. The van der Waals surface area contributed by atoms with Crippen LogP contribution in [0.4, 0.5) is 0 Å². The van der Waals surface area contributed by atoms with Crippen LogP contribution in [-0.4, -0.2) is 29.5 Å². The molecule has 0 aliphatic rings. The Balaban J connectivity index is 2.65. The fraction of sp³-hybridized carbons (Fsp3) is 0.389. The average Bonchev–Trinajstić information content (AvgIpc) is 2.51. The van der Waals surface area contributed by atoms with Gasteiger partial charge in [0.25, 0.3) is 0 Å². The highest BCUT2D eigenvalue weighted by atomic mass is 16.6. The fourth-order valence-corrected chi connectivity index (χ4v) is 1.76. The Bertz CT molecular complexity index is 589. The summed E-state index contributed by atoms with van der Waals surface area (Å²) in [4.78, 5) is 35.6. The van der Waals surface area contributed by atoms with Crippen LogP contribution in [0.5, 0.6) is 0 Å². The largest absolute Gasteiger partial charge is 0.461 e. The van der Waals surface area contributed by atoms with Gasteiger partial charge in [-0.25, -0.2) is 4.79 Å². The monoisotopic (exact) mass is 333 g/mol. The third kappa shape index (κ3) is 7.58. The molecule has 0 bridgehead atoms. The Labute approximate surface area is 141 Å². The highest BCUT2D eigenvalue weighted by Crippen LogP contribution is 2.11. The minimum absolute atomic E-state index is 0.0934. The molecular formula is C18H23NO5. The standard InChI is InChI=1S/C18H23NO5/c1-5-15(20)19-14(17(22)24-18(2,3)4)11-16(21)23-12-13-9-7-6-8-10-13/h5-10,14H,1,11-12H2,2-4H3,(H,19,20)/t14-/m0/s1. The molecule has 1 aromatic carbocycles. The summed E-state index contributed by atoms with van der Waals surface area (Å²) >= 11 is 0. The van der Waals surface area contributed by atoms with Crippen LogP contribution < -0.4 is 5.32 Å². The van der Waals surface area contributed by atoms with Crippen molar-refractivity contribution in [1.29, 1.82) is 0 Å². The maximum Gasteiger partial charge on any atom is 0.329 e. The molecule has 0 aliphatic heterocycles. The van der Waals surface area contributed by atoms with E-state index in [0.717, 1.165) is 11.6 Å². The van der Waals surface area contributed by atoms with Crippen molar-refractivity contribution in [2.45, 2.75) is 45.4 Å². The zero-order valence-electron chi connectivity index (χ0n) is 14.2. The minimum Gasteiger partial charge on any atom is -0.461 e. The van der Waals surface area contributed by atoms with Crippen molar-refractivity contribution >= 4 is 17.8 Å². The normalized spacial score (nSPS) is 12.0. The molecule has 130 valence electrons. The number of rotatable bonds is 7. The second kappa shape index (κ2) is 8.86. The van der Waals surface area contributed by atoms with Crippen LogP contribution in [0.2, 0.25) is 0 Å². The third-order valence-electron chi connectivity index (χ3n) is 2.81. The second-order valence-electron chi connectivity index (χ2n) is 6.15. The molecule has 0 aromatic heterocycles. The van der Waals surface area contributed by atoms with E-state index in [-0.39, 0.29) is 13.0 Å². The van der Waals surface area contributed by atoms with Crippen molar-refractivity contribution in [1.82, 2.24) is 5.32 Å². The number of benzene rings is 1. The fourth-order valence-electron chi connectivity index (χ4n) is 1.76. The molecule has 1 aromatic rings. The van der Waals surface area contributed by atoms with Crippen LogP contribution in [0, 0.1) is 0 Å². The molecule has 0 aliphatic carbocycles. The van der Waals surface area contributed by atoms with Gasteiger partial charge in [0.2, 0.25) is 5.91 Å². The van der Waals surface area contributed by atoms with E-state index < -0.39 is 29.5 Å². The number of carbonyl (C=O) groups is 3. The predicted molar refractivity (Wildman–Crippen MR) is 88.8 cm³/mol. The molecule has 0 heterocycles. The molecule has 1 rings (SSSR count). The third-order valence-corrected chi connectivity index (χ3v) is 2.81. The molecule has 1 atom stereocenters. The van der Waals surface area contributed by atoms with E-state index in [1.165, 1.54) is 0 Å². The lowest BCUT2D eigenvalue weighted by Gasteiger charge is -2.24. The summed E-state index contributed by atoms with van der Waals surface area (Å²) in [7, 11) is 0. The van der Waals surface area contributed by atoms with E-state index in [4.69, 9.17) is 9.47 Å². The lowest BCUT2D eigenvalue weighted by molar-refractivity contribution is -0.162. The van der Waals surface area contributed by atoms with E-state index in [1.54, 1.807) is 20.8 Å². The van der Waals surface area contributed by atoms with Crippen molar-refractivity contribution in [3.63, 3.8) is 0 Å².